The minimum absolute atomic E-state index is 0.265. The van der Waals surface area contributed by atoms with E-state index >= 15 is 0 Å². The zero-order valence-electron chi connectivity index (χ0n) is 12.6. The first-order valence-electron chi connectivity index (χ1n) is 7.24. The van der Waals surface area contributed by atoms with Crippen molar-refractivity contribution in [1.29, 1.82) is 0 Å². The van der Waals surface area contributed by atoms with Crippen LogP contribution in [-0.2, 0) is 4.74 Å². The molecule has 2 N–H and O–H groups in total. The first-order chi connectivity index (χ1) is 9.65. The summed E-state index contributed by atoms with van der Waals surface area (Å²) in [4.78, 5) is 0. The fourth-order valence-electron chi connectivity index (χ4n) is 2.93. The Morgan fingerprint density at radius 1 is 1.35 bits per heavy atom. The molecule has 0 radical (unpaired) electrons. The van der Waals surface area contributed by atoms with E-state index in [2.05, 4.69) is 5.32 Å². The van der Waals surface area contributed by atoms with Crippen LogP contribution in [0.25, 0.3) is 0 Å². The van der Waals surface area contributed by atoms with E-state index in [1.807, 2.05) is 25.1 Å². The molecule has 1 aliphatic carbocycles. The maximum atomic E-state index is 10.4. The number of hydrogen-bond donors (Lipinski definition) is 2. The molecule has 0 aliphatic heterocycles. The zero-order valence-corrected chi connectivity index (χ0v) is 12.6. The van der Waals surface area contributed by atoms with Crippen LogP contribution in [0.15, 0.2) is 18.2 Å². The lowest BCUT2D eigenvalue weighted by Gasteiger charge is -2.22. The highest BCUT2D eigenvalue weighted by Gasteiger charge is 2.27. The summed E-state index contributed by atoms with van der Waals surface area (Å²) in [5, 5.41) is 13.8. The Kier molecular flexibility index (Phi) is 5.40. The molecule has 1 aromatic carbocycles. The minimum atomic E-state index is -0.567. The molecule has 3 atom stereocenters. The quantitative estimate of drug-likeness (QED) is 0.838. The molecule has 1 aromatic rings. The third-order valence-corrected chi connectivity index (χ3v) is 4.07. The number of benzene rings is 1. The summed E-state index contributed by atoms with van der Waals surface area (Å²) in [5.41, 5.74) is 1.96. The lowest BCUT2D eigenvalue weighted by molar-refractivity contribution is 0.0777. The van der Waals surface area contributed by atoms with Gasteiger partial charge in [-0.1, -0.05) is 11.6 Å². The minimum Gasteiger partial charge on any atom is -0.496 e. The van der Waals surface area contributed by atoms with Crippen molar-refractivity contribution in [3.8, 4) is 5.75 Å². The highest BCUT2D eigenvalue weighted by Crippen LogP contribution is 2.27. The van der Waals surface area contributed by atoms with E-state index in [9.17, 15) is 5.11 Å². The largest absolute Gasteiger partial charge is 0.496 e. The van der Waals surface area contributed by atoms with Crippen molar-refractivity contribution in [2.45, 2.75) is 44.4 Å². The molecule has 0 bridgehead atoms. The lowest BCUT2D eigenvalue weighted by atomic mass is 10.0. The number of hydrogen-bond acceptors (Lipinski definition) is 4. The number of nitrogens with one attached hydrogen (secondary N) is 1. The number of aryl methyl sites for hydroxylation is 1. The van der Waals surface area contributed by atoms with Gasteiger partial charge in [0.15, 0.2) is 0 Å². The number of aliphatic hydroxyl groups is 1. The predicted molar refractivity (Wildman–Crippen MR) is 79.1 cm³/mol. The van der Waals surface area contributed by atoms with Gasteiger partial charge in [0, 0.05) is 25.3 Å². The average molecular weight is 279 g/mol. The topological polar surface area (TPSA) is 50.7 Å². The summed E-state index contributed by atoms with van der Waals surface area (Å²) < 4.78 is 10.8. The van der Waals surface area contributed by atoms with Crippen molar-refractivity contribution >= 4 is 0 Å². The number of aliphatic hydroxyl groups excluding tert-OH is 1. The molecule has 0 spiro atoms. The standard InChI is InChI=1S/C16H25NO3/c1-11-7-8-15(19-2)12(9-11)14(18)10-17-13-5-4-6-16(13)20-3/h7-9,13-14,16-18H,4-6,10H2,1-3H3. The van der Waals surface area contributed by atoms with E-state index in [-0.39, 0.29) is 6.10 Å². The van der Waals surface area contributed by atoms with Gasteiger partial charge in [-0.25, -0.2) is 0 Å². The first kappa shape index (κ1) is 15.3. The maximum absolute atomic E-state index is 10.4. The molecule has 4 nitrogen and oxygen atoms in total. The Bertz CT molecular complexity index is 436. The van der Waals surface area contributed by atoms with Gasteiger partial charge in [-0.05, 0) is 38.3 Å². The van der Waals surface area contributed by atoms with Crippen molar-refractivity contribution in [3.05, 3.63) is 29.3 Å². The van der Waals surface area contributed by atoms with Crippen LogP contribution in [-0.4, -0.2) is 38.0 Å². The van der Waals surface area contributed by atoms with Crippen molar-refractivity contribution in [3.63, 3.8) is 0 Å². The second-order valence-electron chi connectivity index (χ2n) is 5.48. The van der Waals surface area contributed by atoms with Gasteiger partial charge in [0.1, 0.15) is 5.75 Å². The highest BCUT2D eigenvalue weighted by molar-refractivity contribution is 5.38. The van der Waals surface area contributed by atoms with E-state index in [4.69, 9.17) is 9.47 Å². The molecule has 0 heterocycles. The summed E-state index contributed by atoms with van der Waals surface area (Å²) in [6.45, 7) is 2.53. The lowest BCUT2D eigenvalue weighted by Crippen LogP contribution is -2.39. The Labute approximate surface area is 121 Å². The van der Waals surface area contributed by atoms with Gasteiger partial charge in [-0.3, -0.25) is 0 Å². The van der Waals surface area contributed by atoms with Crippen molar-refractivity contribution < 1.29 is 14.6 Å². The molecule has 3 unspecified atom stereocenters. The molecule has 112 valence electrons. The summed E-state index contributed by atoms with van der Waals surface area (Å²) in [6, 6.07) is 6.21. The van der Waals surface area contributed by atoms with Gasteiger partial charge >= 0.3 is 0 Å². The van der Waals surface area contributed by atoms with Gasteiger partial charge in [-0.15, -0.1) is 0 Å². The van der Waals surface area contributed by atoms with E-state index in [1.54, 1.807) is 14.2 Å². The molecule has 20 heavy (non-hydrogen) atoms. The molecule has 2 rings (SSSR count). The van der Waals surface area contributed by atoms with Gasteiger partial charge in [0.2, 0.25) is 0 Å². The van der Waals surface area contributed by atoms with Crippen LogP contribution >= 0.6 is 0 Å². The number of methoxy groups -OCH3 is 2. The molecule has 1 aliphatic rings. The van der Waals surface area contributed by atoms with Crippen LogP contribution in [0, 0.1) is 6.92 Å². The van der Waals surface area contributed by atoms with Gasteiger partial charge in [0.25, 0.3) is 0 Å². The third kappa shape index (κ3) is 3.51. The van der Waals surface area contributed by atoms with Crippen molar-refractivity contribution in [2.24, 2.45) is 0 Å². The summed E-state index contributed by atoms with van der Waals surface area (Å²) in [6.07, 6.45) is 3.08. The monoisotopic (exact) mass is 279 g/mol. The Hall–Kier alpha value is -1.10. The van der Waals surface area contributed by atoms with Crippen LogP contribution in [0.4, 0.5) is 0 Å². The predicted octanol–water partition coefficient (Wildman–Crippen LogP) is 2.19. The van der Waals surface area contributed by atoms with Crippen LogP contribution < -0.4 is 10.1 Å². The smallest absolute Gasteiger partial charge is 0.124 e. The van der Waals surface area contributed by atoms with E-state index < -0.39 is 6.10 Å². The SMILES string of the molecule is COc1ccc(C)cc1C(O)CNC1CCCC1OC. The summed E-state index contributed by atoms with van der Waals surface area (Å²) >= 11 is 0. The van der Waals surface area contributed by atoms with Crippen LogP contribution in [0.1, 0.15) is 36.5 Å². The normalized spacial score (nSPS) is 23.8. The molecular formula is C16H25NO3. The van der Waals surface area contributed by atoms with Crippen molar-refractivity contribution in [1.82, 2.24) is 5.32 Å². The Balaban J connectivity index is 1.97. The molecule has 4 heteroatoms. The molecule has 0 aromatic heterocycles. The second-order valence-corrected chi connectivity index (χ2v) is 5.48. The second kappa shape index (κ2) is 7.07. The van der Waals surface area contributed by atoms with Crippen LogP contribution in [0.5, 0.6) is 5.75 Å². The fourth-order valence-corrected chi connectivity index (χ4v) is 2.93. The van der Waals surface area contributed by atoms with Gasteiger partial charge < -0.3 is 19.9 Å². The average Bonchev–Trinajstić information content (AvgIpc) is 2.92. The van der Waals surface area contributed by atoms with Crippen LogP contribution in [0.2, 0.25) is 0 Å². The Morgan fingerprint density at radius 3 is 2.85 bits per heavy atom. The molecule has 1 fully saturated rings. The zero-order chi connectivity index (χ0) is 14.5. The highest BCUT2D eigenvalue weighted by atomic mass is 16.5. The molecule has 1 saturated carbocycles. The maximum Gasteiger partial charge on any atom is 0.124 e. The van der Waals surface area contributed by atoms with E-state index in [0.717, 1.165) is 29.7 Å². The summed E-state index contributed by atoms with van der Waals surface area (Å²) in [7, 11) is 3.39. The summed E-state index contributed by atoms with van der Waals surface area (Å²) in [5.74, 6) is 0.736. The van der Waals surface area contributed by atoms with Gasteiger partial charge in [-0.2, -0.15) is 0 Å². The molecule has 0 amide bonds. The number of rotatable bonds is 6. The van der Waals surface area contributed by atoms with Gasteiger partial charge in [0.05, 0.1) is 19.3 Å². The van der Waals surface area contributed by atoms with E-state index in [0.29, 0.717) is 12.6 Å². The van der Waals surface area contributed by atoms with Crippen LogP contribution in [0.3, 0.4) is 0 Å². The van der Waals surface area contributed by atoms with E-state index in [1.165, 1.54) is 6.42 Å². The third-order valence-electron chi connectivity index (χ3n) is 4.07. The molecular weight excluding hydrogens is 254 g/mol. The molecule has 0 saturated heterocycles. The van der Waals surface area contributed by atoms with Crippen molar-refractivity contribution in [2.75, 3.05) is 20.8 Å². The fraction of sp³-hybridized carbons (Fsp3) is 0.625. The number of ether oxygens (including phenoxy) is 2. The Morgan fingerprint density at radius 2 is 2.15 bits per heavy atom. The first-order valence-corrected chi connectivity index (χ1v) is 7.24.